The smallest absolute Gasteiger partial charge is 0.338 e. The molecule has 1 aliphatic rings. The van der Waals surface area contributed by atoms with Gasteiger partial charge in [0.15, 0.2) is 14.3 Å². The van der Waals surface area contributed by atoms with E-state index in [4.69, 9.17) is 9.47 Å². The quantitative estimate of drug-likeness (QED) is 0.209. The summed E-state index contributed by atoms with van der Waals surface area (Å²) in [6.07, 6.45) is 1.48. The highest BCUT2D eigenvalue weighted by Crippen LogP contribution is 2.48. The number of thiophene rings is 1. The number of aryl methyl sites for hydroxylation is 1. The summed E-state index contributed by atoms with van der Waals surface area (Å²) < 4.78 is 13.9. The van der Waals surface area contributed by atoms with Gasteiger partial charge in [-0.2, -0.15) is 0 Å². The second-order valence-electron chi connectivity index (χ2n) is 8.32. The summed E-state index contributed by atoms with van der Waals surface area (Å²) in [6, 6.07) is 31.1. The van der Waals surface area contributed by atoms with Gasteiger partial charge in [-0.05, 0) is 78.6 Å². The standard InChI is InChI=1S/C29H23O3S/c1-31-21-14-11-19-12-15-26(24(19)18-21)32-29(30)20-13-16-28-25(17-20)23-9-5-6-10-27(23)33(28)22-7-3-2-4-8-22/h2-11,13-14,16-18,26H,12,15H2,1H3/q+1. The summed E-state index contributed by atoms with van der Waals surface area (Å²) in [5, 5.41) is 2.33. The largest absolute Gasteiger partial charge is 0.497 e. The molecule has 0 spiro atoms. The Morgan fingerprint density at radius 1 is 0.848 bits per heavy atom. The summed E-state index contributed by atoms with van der Waals surface area (Å²) in [7, 11) is 1.49. The van der Waals surface area contributed by atoms with E-state index in [0.717, 1.165) is 29.5 Å². The minimum atomic E-state index is -0.276. The number of fused-ring (bicyclic) bond motifs is 4. The number of hydrogen-bond donors (Lipinski definition) is 0. The van der Waals surface area contributed by atoms with E-state index in [1.807, 2.05) is 30.3 Å². The van der Waals surface area contributed by atoms with Crippen LogP contribution in [0.15, 0.2) is 91.0 Å². The molecule has 6 rings (SSSR count). The number of carbonyl (C=O) groups excluding carboxylic acids is 1. The molecule has 1 aromatic heterocycles. The molecule has 2 unspecified atom stereocenters. The maximum atomic E-state index is 13.2. The van der Waals surface area contributed by atoms with Crippen LogP contribution in [-0.4, -0.2) is 13.1 Å². The van der Waals surface area contributed by atoms with Crippen LogP contribution in [0.5, 0.6) is 5.75 Å². The molecule has 33 heavy (non-hydrogen) atoms. The zero-order valence-electron chi connectivity index (χ0n) is 18.3. The van der Waals surface area contributed by atoms with Gasteiger partial charge in [-0.25, -0.2) is 4.79 Å². The maximum absolute atomic E-state index is 13.2. The Labute approximate surface area is 195 Å². The van der Waals surface area contributed by atoms with Gasteiger partial charge in [0.25, 0.3) is 0 Å². The molecule has 4 heteroatoms. The van der Waals surface area contributed by atoms with E-state index in [2.05, 4.69) is 60.7 Å². The number of benzene rings is 4. The molecule has 0 saturated heterocycles. The summed E-state index contributed by atoms with van der Waals surface area (Å²) in [5.41, 5.74) is 2.88. The molecule has 0 bridgehead atoms. The van der Waals surface area contributed by atoms with Crippen molar-refractivity contribution in [3.63, 3.8) is 0 Å². The number of carbonyl (C=O) groups is 1. The molecule has 1 aliphatic carbocycles. The first-order valence-electron chi connectivity index (χ1n) is 11.1. The number of rotatable bonds is 4. The van der Waals surface area contributed by atoms with E-state index >= 15 is 0 Å². The average Bonchev–Trinajstić information content (AvgIpc) is 3.42. The molecular formula is C29H23O3S+. The summed E-state index contributed by atoms with van der Waals surface area (Å²) in [5.74, 6) is 0.515. The van der Waals surface area contributed by atoms with Crippen LogP contribution < -0.4 is 4.74 Å². The van der Waals surface area contributed by atoms with Crippen LogP contribution in [0.2, 0.25) is 0 Å². The molecule has 0 radical (unpaired) electrons. The fourth-order valence-corrected chi connectivity index (χ4v) is 7.21. The minimum Gasteiger partial charge on any atom is -0.497 e. The van der Waals surface area contributed by atoms with Crippen molar-refractivity contribution in [1.29, 1.82) is 0 Å². The highest BCUT2D eigenvalue weighted by Gasteiger charge is 2.28. The molecule has 3 nitrogen and oxygen atoms in total. The average molecular weight is 452 g/mol. The van der Waals surface area contributed by atoms with Crippen LogP contribution in [0.25, 0.3) is 25.1 Å². The number of ether oxygens (including phenoxy) is 2. The minimum absolute atomic E-state index is 0.166. The van der Waals surface area contributed by atoms with Gasteiger partial charge in [0.2, 0.25) is 0 Å². The molecule has 162 valence electrons. The van der Waals surface area contributed by atoms with Gasteiger partial charge in [0, 0.05) is 21.2 Å². The number of esters is 1. The van der Waals surface area contributed by atoms with E-state index in [9.17, 15) is 4.79 Å². The SMILES string of the molecule is COc1ccc2c(c1)C(OC(=O)c1ccc3c(c1)c1ccccc1[s+]3-c1ccccc1)CC2. The highest BCUT2D eigenvalue weighted by atomic mass is 32.2. The van der Waals surface area contributed by atoms with Crippen molar-refractivity contribution >= 4 is 36.6 Å². The van der Waals surface area contributed by atoms with Gasteiger partial charge in [0.05, 0.1) is 12.7 Å². The Morgan fingerprint density at radius 3 is 2.48 bits per heavy atom. The third kappa shape index (κ3) is 3.38. The van der Waals surface area contributed by atoms with Crippen LogP contribution >= 0.6 is 10.5 Å². The number of methoxy groups -OCH3 is 1. The van der Waals surface area contributed by atoms with Crippen LogP contribution in [0.4, 0.5) is 0 Å². The van der Waals surface area contributed by atoms with Gasteiger partial charge in [-0.3, -0.25) is 0 Å². The van der Waals surface area contributed by atoms with Crippen molar-refractivity contribution in [2.45, 2.75) is 18.9 Å². The normalized spacial score (nSPS) is 15.5. The van der Waals surface area contributed by atoms with Crippen LogP contribution in [0, 0.1) is 0 Å². The Morgan fingerprint density at radius 2 is 1.64 bits per heavy atom. The van der Waals surface area contributed by atoms with Crippen LogP contribution in [-0.2, 0) is 11.2 Å². The number of hydrogen-bond acceptors (Lipinski definition) is 3. The van der Waals surface area contributed by atoms with Gasteiger partial charge in [-0.15, -0.1) is 0 Å². The molecule has 0 aliphatic heterocycles. The van der Waals surface area contributed by atoms with E-state index in [1.165, 1.54) is 25.2 Å². The summed E-state index contributed by atoms with van der Waals surface area (Å²) in [6.45, 7) is 0. The third-order valence-corrected chi connectivity index (χ3v) is 8.77. The lowest BCUT2D eigenvalue weighted by Gasteiger charge is -2.14. The summed E-state index contributed by atoms with van der Waals surface area (Å²) in [4.78, 5) is 14.5. The van der Waals surface area contributed by atoms with Gasteiger partial charge < -0.3 is 9.47 Å². The van der Waals surface area contributed by atoms with Gasteiger partial charge in [-0.1, -0.05) is 36.4 Å². The lowest BCUT2D eigenvalue weighted by atomic mass is 10.1. The first kappa shape index (κ1) is 20.0. The molecule has 0 saturated carbocycles. The van der Waals surface area contributed by atoms with Crippen molar-refractivity contribution in [2.24, 2.45) is 0 Å². The Kier molecular flexibility index (Phi) is 4.88. The van der Waals surface area contributed by atoms with Gasteiger partial charge in [0.1, 0.15) is 11.9 Å². The van der Waals surface area contributed by atoms with Crippen molar-refractivity contribution < 1.29 is 14.3 Å². The Hall–Kier alpha value is -3.63. The third-order valence-electron chi connectivity index (χ3n) is 6.44. The highest BCUT2D eigenvalue weighted by molar-refractivity contribution is 7.50. The van der Waals surface area contributed by atoms with Crippen molar-refractivity contribution in [3.8, 4) is 10.6 Å². The second-order valence-corrected chi connectivity index (χ2v) is 10.3. The van der Waals surface area contributed by atoms with Gasteiger partial charge >= 0.3 is 5.97 Å². The first-order valence-corrected chi connectivity index (χ1v) is 12.4. The molecule has 0 fully saturated rings. The Bertz CT molecular complexity index is 1500. The van der Waals surface area contributed by atoms with E-state index in [0.29, 0.717) is 5.56 Å². The fourth-order valence-electron chi connectivity index (χ4n) is 4.83. The first-order chi connectivity index (χ1) is 16.2. The molecular weight excluding hydrogens is 428 g/mol. The Balaban J connectivity index is 1.39. The molecule has 0 amide bonds. The monoisotopic (exact) mass is 451 g/mol. The van der Waals surface area contributed by atoms with Crippen LogP contribution in [0.3, 0.4) is 0 Å². The zero-order valence-corrected chi connectivity index (χ0v) is 19.1. The predicted molar refractivity (Wildman–Crippen MR) is 135 cm³/mol. The van der Waals surface area contributed by atoms with E-state index in [-0.39, 0.29) is 22.5 Å². The molecule has 4 aromatic carbocycles. The fraction of sp³-hybridized carbons (Fsp3) is 0.138. The van der Waals surface area contributed by atoms with Crippen LogP contribution in [0.1, 0.15) is 34.0 Å². The lowest BCUT2D eigenvalue weighted by Crippen LogP contribution is -2.09. The maximum Gasteiger partial charge on any atom is 0.338 e. The van der Waals surface area contributed by atoms with Crippen molar-refractivity contribution in [2.75, 3.05) is 7.11 Å². The molecule has 1 heterocycles. The predicted octanol–water partition coefficient (Wildman–Crippen LogP) is 7.58. The molecule has 2 atom stereocenters. The van der Waals surface area contributed by atoms with E-state index < -0.39 is 0 Å². The second kappa shape index (κ2) is 8.05. The zero-order chi connectivity index (χ0) is 22.4. The lowest BCUT2D eigenvalue weighted by molar-refractivity contribution is 0.0301. The topological polar surface area (TPSA) is 35.5 Å². The van der Waals surface area contributed by atoms with Crippen molar-refractivity contribution in [3.05, 3.63) is 108 Å². The molecule has 5 aromatic rings. The molecule has 0 N–H and O–H groups in total. The van der Waals surface area contributed by atoms with Crippen molar-refractivity contribution in [1.82, 2.24) is 0 Å². The van der Waals surface area contributed by atoms with E-state index in [1.54, 1.807) is 7.11 Å². The summed E-state index contributed by atoms with van der Waals surface area (Å²) >= 11 is 0.